The maximum atomic E-state index is 12.1. The SMILES string of the molecule is C[C@H](NS(=O)(=O)c1ccccc1)C(=O)OCC(=O)NC(=O)c1ccccc1. The molecule has 27 heavy (non-hydrogen) atoms. The molecule has 0 saturated carbocycles. The number of nitrogens with one attached hydrogen (secondary N) is 2. The number of hydrogen-bond donors (Lipinski definition) is 2. The first-order valence-electron chi connectivity index (χ1n) is 7.93. The van der Waals surface area contributed by atoms with Crippen molar-refractivity contribution in [3.05, 3.63) is 66.2 Å². The molecule has 2 aromatic carbocycles. The van der Waals surface area contributed by atoms with Crippen LogP contribution in [0.25, 0.3) is 0 Å². The molecule has 0 heterocycles. The average Bonchev–Trinajstić information content (AvgIpc) is 2.67. The highest BCUT2D eigenvalue weighted by atomic mass is 32.2. The Morgan fingerprint density at radius 1 is 0.963 bits per heavy atom. The molecule has 2 amide bonds. The quantitative estimate of drug-likeness (QED) is 0.677. The molecule has 1 atom stereocenters. The number of sulfonamides is 1. The first-order valence-corrected chi connectivity index (χ1v) is 9.41. The number of carbonyl (C=O) groups is 3. The summed E-state index contributed by atoms with van der Waals surface area (Å²) in [5.74, 6) is -2.40. The third-order valence-electron chi connectivity index (χ3n) is 3.37. The third kappa shape index (κ3) is 6.01. The number of imide groups is 1. The predicted molar refractivity (Wildman–Crippen MR) is 96.1 cm³/mol. The first-order chi connectivity index (χ1) is 12.8. The zero-order valence-corrected chi connectivity index (χ0v) is 15.2. The number of benzene rings is 2. The molecular weight excluding hydrogens is 372 g/mol. The summed E-state index contributed by atoms with van der Waals surface area (Å²) in [6, 6.07) is 14.3. The van der Waals surface area contributed by atoms with E-state index in [0.29, 0.717) is 0 Å². The van der Waals surface area contributed by atoms with Crippen LogP contribution in [0.5, 0.6) is 0 Å². The summed E-state index contributed by atoms with van der Waals surface area (Å²) in [4.78, 5) is 35.4. The van der Waals surface area contributed by atoms with Crippen molar-refractivity contribution in [2.45, 2.75) is 17.9 Å². The van der Waals surface area contributed by atoms with Gasteiger partial charge in [0.2, 0.25) is 10.0 Å². The number of carbonyl (C=O) groups excluding carboxylic acids is 3. The van der Waals surface area contributed by atoms with E-state index in [-0.39, 0.29) is 10.5 Å². The second kappa shape index (κ2) is 9.06. The molecule has 142 valence electrons. The number of rotatable bonds is 7. The number of ether oxygens (including phenoxy) is 1. The van der Waals surface area contributed by atoms with Crippen LogP contribution in [0, 0.1) is 0 Å². The second-order valence-corrected chi connectivity index (χ2v) is 7.22. The van der Waals surface area contributed by atoms with Crippen LogP contribution in [-0.2, 0) is 24.3 Å². The normalized spacial score (nSPS) is 12.0. The predicted octanol–water partition coefficient (Wildman–Crippen LogP) is 0.853. The van der Waals surface area contributed by atoms with Gasteiger partial charge in [-0.25, -0.2) is 8.42 Å². The van der Waals surface area contributed by atoms with Crippen molar-refractivity contribution < 1.29 is 27.5 Å². The van der Waals surface area contributed by atoms with Gasteiger partial charge in [0.15, 0.2) is 6.61 Å². The number of hydrogen-bond acceptors (Lipinski definition) is 6. The average molecular weight is 390 g/mol. The largest absolute Gasteiger partial charge is 0.454 e. The topological polar surface area (TPSA) is 119 Å². The van der Waals surface area contributed by atoms with Crippen LogP contribution in [-0.4, -0.2) is 38.9 Å². The molecule has 8 nitrogen and oxygen atoms in total. The van der Waals surface area contributed by atoms with Gasteiger partial charge < -0.3 is 4.74 Å². The van der Waals surface area contributed by atoms with Crippen molar-refractivity contribution in [2.24, 2.45) is 0 Å². The second-order valence-electron chi connectivity index (χ2n) is 5.51. The van der Waals surface area contributed by atoms with Crippen LogP contribution < -0.4 is 10.0 Å². The van der Waals surface area contributed by atoms with E-state index in [1.54, 1.807) is 36.4 Å². The van der Waals surface area contributed by atoms with Gasteiger partial charge in [0.1, 0.15) is 6.04 Å². The van der Waals surface area contributed by atoms with Crippen molar-refractivity contribution >= 4 is 27.8 Å². The van der Waals surface area contributed by atoms with Gasteiger partial charge in [-0.15, -0.1) is 0 Å². The summed E-state index contributed by atoms with van der Waals surface area (Å²) < 4.78 is 31.2. The van der Waals surface area contributed by atoms with Gasteiger partial charge in [-0.1, -0.05) is 36.4 Å². The Labute approximate surface area is 156 Å². The summed E-state index contributed by atoms with van der Waals surface area (Å²) in [5, 5.41) is 2.07. The highest BCUT2D eigenvalue weighted by Gasteiger charge is 2.23. The van der Waals surface area contributed by atoms with E-state index >= 15 is 0 Å². The van der Waals surface area contributed by atoms with Crippen LogP contribution in [0.4, 0.5) is 0 Å². The van der Waals surface area contributed by atoms with Crippen molar-refractivity contribution in [1.29, 1.82) is 0 Å². The molecule has 2 aromatic rings. The number of amides is 2. The summed E-state index contributed by atoms with van der Waals surface area (Å²) in [7, 11) is -3.90. The highest BCUT2D eigenvalue weighted by Crippen LogP contribution is 2.08. The lowest BCUT2D eigenvalue weighted by molar-refractivity contribution is -0.149. The molecule has 0 aliphatic carbocycles. The lowest BCUT2D eigenvalue weighted by Crippen LogP contribution is -2.41. The van der Waals surface area contributed by atoms with Gasteiger partial charge in [-0.2, -0.15) is 4.72 Å². The molecule has 0 fully saturated rings. The fourth-order valence-corrected chi connectivity index (χ4v) is 3.25. The van der Waals surface area contributed by atoms with Gasteiger partial charge in [0, 0.05) is 5.56 Å². The Bertz CT molecular complexity index is 913. The lowest BCUT2D eigenvalue weighted by atomic mass is 10.2. The molecule has 0 bridgehead atoms. The van der Waals surface area contributed by atoms with E-state index in [1.165, 1.54) is 31.2 Å². The fraction of sp³-hybridized carbons (Fsp3) is 0.167. The molecule has 0 aromatic heterocycles. The van der Waals surface area contributed by atoms with Crippen LogP contribution in [0.15, 0.2) is 65.6 Å². The van der Waals surface area contributed by atoms with E-state index in [9.17, 15) is 22.8 Å². The van der Waals surface area contributed by atoms with Gasteiger partial charge in [-0.3, -0.25) is 19.7 Å². The molecule has 0 saturated heterocycles. The molecule has 0 aliphatic heterocycles. The van der Waals surface area contributed by atoms with Gasteiger partial charge in [0.25, 0.3) is 11.8 Å². The monoisotopic (exact) mass is 390 g/mol. The van der Waals surface area contributed by atoms with Crippen molar-refractivity contribution in [2.75, 3.05) is 6.61 Å². The maximum Gasteiger partial charge on any atom is 0.324 e. The number of esters is 1. The highest BCUT2D eigenvalue weighted by molar-refractivity contribution is 7.89. The van der Waals surface area contributed by atoms with Gasteiger partial charge in [0.05, 0.1) is 4.90 Å². The molecule has 9 heteroatoms. The fourth-order valence-electron chi connectivity index (χ4n) is 2.03. The summed E-state index contributed by atoms with van der Waals surface area (Å²) in [5.41, 5.74) is 0.279. The standard InChI is InChI=1S/C18H18N2O6S/c1-13(20-27(24,25)15-10-6-3-7-11-15)18(23)26-12-16(21)19-17(22)14-8-4-2-5-9-14/h2-11,13,20H,12H2,1H3,(H,19,21,22)/t13-/m0/s1. The van der Waals surface area contributed by atoms with E-state index in [4.69, 9.17) is 4.74 Å². The van der Waals surface area contributed by atoms with Crippen molar-refractivity contribution in [1.82, 2.24) is 10.0 Å². The zero-order valence-electron chi connectivity index (χ0n) is 14.4. The minimum absolute atomic E-state index is 0.00384. The molecule has 0 spiro atoms. The van der Waals surface area contributed by atoms with Gasteiger partial charge in [-0.05, 0) is 31.2 Å². The van der Waals surface area contributed by atoms with Crippen LogP contribution in [0.3, 0.4) is 0 Å². The third-order valence-corrected chi connectivity index (χ3v) is 4.93. The van der Waals surface area contributed by atoms with Crippen LogP contribution >= 0.6 is 0 Å². The van der Waals surface area contributed by atoms with E-state index < -0.39 is 40.5 Å². The Kier molecular flexibility index (Phi) is 6.80. The van der Waals surface area contributed by atoms with Crippen LogP contribution in [0.1, 0.15) is 17.3 Å². The summed E-state index contributed by atoms with van der Waals surface area (Å²) >= 11 is 0. The van der Waals surface area contributed by atoms with E-state index in [0.717, 1.165) is 0 Å². The molecule has 0 radical (unpaired) electrons. The Hall–Kier alpha value is -3.04. The molecule has 2 N–H and O–H groups in total. The van der Waals surface area contributed by atoms with Gasteiger partial charge >= 0.3 is 5.97 Å². The van der Waals surface area contributed by atoms with Crippen molar-refractivity contribution in [3.63, 3.8) is 0 Å². The molecule has 0 aliphatic rings. The van der Waals surface area contributed by atoms with Crippen molar-refractivity contribution in [3.8, 4) is 0 Å². The Balaban J connectivity index is 1.84. The van der Waals surface area contributed by atoms with E-state index in [2.05, 4.69) is 10.0 Å². The smallest absolute Gasteiger partial charge is 0.324 e. The zero-order chi connectivity index (χ0) is 19.9. The minimum Gasteiger partial charge on any atom is -0.454 e. The Morgan fingerprint density at radius 2 is 1.52 bits per heavy atom. The molecular formula is C18H18N2O6S. The minimum atomic E-state index is -3.90. The first kappa shape index (κ1) is 20.3. The summed E-state index contributed by atoms with van der Waals surface area (Å²) in [6.07, 6.45) is 0. The summed E-state index contributed by atoms with van der Waals surface area (Å²) in [6.45, 7) is 0.574. The lowest BCUT2D eigenvalue weighted by Gasteiger charge is -2.13. The van der Waals surface area contributed by atoms with E-state index in [1.807, 2.05) is 0 Å². The molecule has 0 unspecified atom stereocenters. The van der Waals surface area contributed by atoms with Crippen LogP contribution in [0.2, 0.25) is 0 Å². The Morgan fingerprint density at radius 3 is 2.11 bits per heavy atom. The molecule has 2 rings (SSSR count). The maximum absolute atomic E-state index is 12.1.